The Hall–Kier alpha value is -3.34. The van der Waals surface area contributed by atoms with Crippen LogP contribution in [0, 0.1) is 23.7 Å². The molecule has 0 amide bonds. The summed E-state index contributed by atoms with van der Waals surface area (Å²) in [5.41, 5.74) is 5.37. The van der Waals surface area contributed by atoms with Gasteiger partial charge in [0.05, 0.1) is 55.8 Å². The fourth-order valence-electron chi connectivity index (χ4n) is 5.60. The molecule has 0 saturated carbocycles. The van der Waals surface area contributed by atoms with Gasteiger partial charge in [0.15, 0.2) is 0 Å². The number of carboxylic acid groups (broad SMARTS) is 4. The lowest BCUT2D eigenvalue weighted by Crippen LogP contribution is -2.42. The van der Waals surface area contributed by atoms with E-state index in [1.807, 2.05) is 6.92 Å². The number of nitrogens with two attached hydrogens (primary N) is 1. The molecule has 0 heterocycles. The van der Waals surface area contributed by atoms with Crippen LogP contribution in [0.1, 0.15) is 111 Å². The Balaban J connectivity index is 6.00. The van der Waals surface area contributed by atoms with Crippen LogP contribution in [0.5, 0.6) is 0 Å². The molecule has 0 aliphatic carbocycles. The molecule has 0 radical (unpaired) electrons. The Morgan fingerprint density at radius 1 is 0.612 bits per heavy atom. The molecular formula is C33H57NO15. The van der Waals surface area contributed by atoms with Crippen LogP contribution in [0.2, 0.25) is 0 Å². The summed E-state index contributed by atoms with van der Waals surface area (Å²) < 4.78 is 11.4. The summed E-state index contributed by atoms with van der Waals surface area (Å²) >= 11 is 0. The van der Waals surface area contributed by atoms with Crippen LogP contribution in [0.25, 0.3) is 0 Å². The normalized spacial score (nSPS) is 17.0. The summed E-state index contributed by atoms with van der Waals surface area (Å²) in [6.07, 6.45) is -3.63. The van der Waals surface area contributed by atoms with E-state index in [1.54, 1.807) is 13.8 Å². The molecule has 0 bridgehead atoms. The predicted molar refractivity (Wildman–Crippen MR) is 173 cm³/mol. The van der Waals surface area contributed by atoms with Gasteiger partial charge in [-0.05, 0) is 43.9 Å². The highest BCUT2D eigenvalue weighted by Gasteiger charge is 2.37. The number of carboxylic acids is 4. The van der Waals surface area contributed by atoms with Crippen molar-refractivity contribution in [3.05, 3.63) is 0 Å². The minimum Gasteiger partial charge on any atom is -0.481 e. The second-order valence-corrected chi connectivity index (χ2v) is 13.1. The van der Waals surface area contributed by atoms with Crippen molar-refractivity contribution < 1.29 is 74.0 Å². The first-order valence-electron chi connectivity index (χ1n) is 16.9. The molecule has 0 aromatic carbocycles. The van der Waals surface area contributed by atoms with Crippen LogP contribution in [0.15, 0.2) is 0 Å². The standard InChI is InChI=1S/C33H57NO15/c1-4-5-8-20(3)31(49-30(43)16-22(33(46)47)14-28(40)41)26(48-29(42)15-21(32(44)45)13-27(38)39)12-19(2)11-23(35)9-6-7-10-24(36)17-25(37)18-34/h19-26,31,35-37H,4-18,34H2,1-3H3,(H,38,39)(H,40,41)(H,44,45)(H,46,47)/t19-,20+,21+,22+,23+,24+,25-,26-,31+/m0/s1. The second-order valence-electron chi connectivity index (χ2n) is 13.1. The summed E-state index contributed by atoms with van der Waals surface area (Å²) in [5.74, 6) is -12.0. The van der Waals surface area contributed by atoms with E-state index in [-0.39, 0.29) is 31.7 Å². The van der Waals surface area contributed by atoms with Gasteiger partial charge in [0.2, 0.25) is 0 Å². The first kappa shape index (κ1) is 45.7. The Bertz CT molecular complexity index is 1040. The van der Waals surface area contributed by atoms with Crippen LogP contribution in [-0.2, 0) is 38.2 Å². The van der Waals surface area contributed by atoms with Crippen molar-refractivity contribution in [2.45, 2.75) is 141 Å². The van der Waals surface area contributed by atoms with E-state index < -0.39 is 110 Å². The zero-order valence-corrected chi connectivity index (χ0v) is 28.8. The van der Waals surface area contributed by atoms with Gasteiger partial charge in [-0.1, -0.05) is 46.5 Å². The minimum absolute atomic E-state index is 0.0288. The lowest BCUT2D eigenvalue weighted by molar-refractivity contribution is -0.177. The molecule has 0 aromatic heterocycles. The van der Waals surface area contributed by atoms with Crippen LogP contribution in [0.4, 0.5) is 0 Å². The average molecular weight is 708 g/mol. The van der Waals surface area contributed by atoms with Crippen LogP contribution < -0.4 is 5.73 Å². The van der Waals surface area contributed by atoms with Crippen molar-refractivity contribution in [2.75, 3.05) is 6.54 Å². The number of carbonyl (C=O) groups is 6. The Morgan fingerprint density at radius 2 is 1.08 bits per heavy atom. The summed E-state index contributed by atoms with van der Waals surface area (Å²) in [5, 5.41) is 67.3. The van der Waals surface area contributed by atoms with Crippen LogP contribution in [-0.4, -0.2) is 109 Å². The highest BCUT2D eigenvalue weighted by molar-refractivity contribution is 5.83. The number of carbonyl (C=O) groups excluding carboxylic acids is 2. The molecular weight excluding hydrogens is 650 g/mol. The molecule has 0 aliphatic rings. The SMILES string of the molecule is CCCC[C@@H](C)[C@@H](OC(=O)C[C@@H](CC(=O)O)C(=O)O)[C@H](C[C@@H](C)C[C@H](O)CCCC[C@@H](O)C[C@H](O)CN)OC(=O)C[C@@H](CC(=O)O)C(=O)O. The molecule has 16 heteroatoms. The third-order valence-corrected chi connectivity index (χ3v) is 8.31. The molecule has 0 aliphatic heterocycles. The summed E-state index contributed by atoms with van der Waals surface area (Å²) in [4.78, 5) is 71.6. The maximum Gasteiger partial charge on any atom is 0.307 e. The van der Waals surface area contributed by atoms with Gasteiger partial charge in [0.1, 0.15) is 12.2 Å². The average Bonchev–Trinajstić information content (AvgIpc) is 2.99. The lowest BCUT2D eigenvalue weighted by Gasteiger charge is -2.33. The summed E-state index contributed by atoms with van der Waals surface area (Å²) in [6.45, 7) is 5.45. The highest BCUT2D eigenvalue weighted by Crippen LogP contribution is 2.29. The number of unbranched alkanes of at least 4 members (excludes halogenated alkanes) is 2. The first-order valence-corrected chi connectivity index (χ1v) is 16.9. The topological polar surface area (TPSA) is 289 Å². The molecule has 0 fully saturated rings. The first-order chi connectivity index (χ1) is 22.9. The van der Waals surface area contributed by atoms with E-state index in [9.17, 15) is 54.3 Å². The van der Waals surface area contributed by atoms with Gasteiger partial charge in [-0.15, -0.1) is 0 Å². The number of rotatable bonds is 29. The van der Waals surface area contributed by atoms with Crippen molar-refractivity contribution >= 4 is 35.8 Å². The van der Waals surface area contributed by atoms with Gasteiger partial charge >= 0.3 is 35.8 Å². The van der Waals surface area contributed by atoms with Gasteiger partial charge in [0.25, 0.3) is 0 Å². The smallest absolute Gasteiger partial charge is 0.307 e. The zero-order valence-electron chi connectivity index (χ0n) is 28.8. The van der Waals surface area contributed by atoms with E-state index in [0.29, 0.717) is 38.5 Å². The Labute approximate surface area is 287 Å². The predicted octanol–water partition coefficient (Wildman–Crippen LogP) is 2.18. The number of esters is 2. The minimum atomic E-state index is -1.59. The number of aliphatic hydroxyl groups is 3. The van der Waals surface area contributed by atoms with Gasteiger partial charge in [0, 0.05) is 13.0 Å². The van der Waals surface area contributed by atoms with E-state index in [1.165, 1.54) is 0 Å². The quantitative estimate of drug-likeness (QED) is 0.0408. The van der Waals surface area contributed by atoms with Crippen molar-refractivity contribution in [1.82, 2.24) is 0 Å². The Kier molecular flexibility index (Phi) is 23.1. The van der Waals surface area contributed by atoms with E-state index in [4.69, 9.17) is 25.4 Å². The Morgan fingerprint density at radius 3 is 1.51 bits per heavy atom. The molecule has 49 heavy (non-hydrogen) atoms. The van der Waals surface area contributed by atoms with Gasteiger partial charge < -0.3 is 51.0 Å². The number of aliphatic carboxylic acids is 4. The molecule has 16 nitrogen and oxygen atoms in total. The molecule has 0 aromatic rings. The maximum absolute atomic E-state index is 13.0. The second kappa shape index (κ2) is 24.7. The van der Waals surface area contributed by atoms with Crippen molar-refractivity contribution in [3.63, 3.8) is 0 Å². The third kappa shape index (κ3) is 21.4. The lowest BCUT2D eigenvalue weighted by atomic mass is 9.87. The third-order valence-electron chi connectivity index (χ3n) is 8.31. The van der Waals surface area contributed by atoms with Gasteiger partial charge in [-0.3, -0.25) is 28.8 Å². The van der Waals surface area contributed by atoms with Crippen molar-refractivity contribution in [1.29, 1.82) is 0 Å². The summed E-state index contributed by atoms with van der Waals surface area (Å²) in [7, 11) is 0. The largest absolute Gasteiger partial charge is 0.481 e. The van der Waals surface area contributed by atoms with E-state index in [0.717, 1.165) is 6.42 Å². The molecule has 284 valence electrons. The van der Waals surface area contributed by atoms with Crippen LogP contribution >= 0.6 is 0 Å². The fraction of sp³-hybridized carbons (Fsp3) is 0.818. The summed E-state index contributed by atoms with van der Waals surface area (Å²) in [6, 6.07) is 0. The molecule has 9 N–H and O–H groups in total. The molecule has 0 spiro atoms. The number of hydrogen-bond acceptors (Lipinski definition) is 12. The van der Waals surface area contributed by atoms with Gasteiger partial charge in [-0.25, -0.2) is 0 Å². The molecule has 0 unspecified atom stereocenters. The van der Waals surface area contributed by atoms with Gasteiger partial charge in [-0.2, -0.15) is 0 Å². The van der Waals surface area contributed by atoms with Crippen molar-refractivity contribution in [3.8, 4) is 0 Å². The monoisotopic (exact) mass is 707 g/mol. The van der Waals surface area contributed by atoms with E-state index in [2.05, 4.69) is 0 Å². The number of aliphatic hydroxyl groups excluding tert-OH is 3. The fourth-order valence-corrected chi connectivity index (χ4v) is 5.60. The molecule has 9 atom stereocenters. The van der Waals surface area contributed by atoms with E-state index >= 15 is 0 Å². The van der Waals surface area contributed by atoms with Crippen molar-refractivity contribution in [2.24, 2.45) is 29.4 Å². The maximum atomic E-state index is 13.0. The highest BCUT2D eigenvalue weighted by atomic mass is 16.6. The van der Waals surface area contributed by atoms with Crippen LogP contribution in [0.3, 0.4) is 0 Å². The molecule has 0 rings (SSSR count). The number of hydrogen-bond donors (Lipinski definition) is 8. The number of ether oxygens (including phenoxy) is 2. The molecule has 0 saturated heterocycles. The zero-order chi connectivity index (χ0) is 37.7.